The molecule has 11 nitrogen and oxygen atoms in total. The average Bonchev–Trinajstić information content (AvgIpc) is 3.50. The number of anilines is 1. The number of ether oxygens (including phenoxy) is 1. The number of rotatable bonds is 8. The van der Waals surface area contributed by atoms with Crippen LogP contribution in [0, 0.1) is 10.1 Å². The number of nitro groups is 1. The number of carbonyl (C=O) groups excluding carboxylic acids is 1. The SMILES string of the molecule is O=C(OCc1cc(-c2ccco2)on1)c1ccccc1NS(=O)(=O)c1cccc([N+](=O)[O-])c1. The second-order valence-corrected chi connectivity index (χ2v) is 8.32. The molecule has 0 unspecified atom stereocenters. The quantitative estimate of drug-likeness (QED) is 0.229. The highest BCUT2D eigenvalue weighted by molar-refractivity contribution is 7.92. The summed E-state index contributed by atoms with van der Waals surface area (Å²) in [6, 6.07) is 15.3. The number of non-ortho nitro benzene ring substituents is 1. The standard InChI is InChI=1S/C21H15N3O8S/c25-21(31-13-14-11-20(32-22-14)19-9-4-10-30-19)17-7-1-2-8-18(17)23-33(28,29)16-6-3-5-15(12-16)24(26)27/h1-12,23H,13H2. The Morgan fingerprint density at radius 1 is 1.06 bits per heavy atom. The van der Waals surface area contributed by atoms with Crippen molar-refractivity contribution < 1.29 is 31.8 Å². The molecule has 0 aliphatic heterocycles. The number of esters is 1. The smallest absolute Gasteiger partial charge is 0.340 e. The fourth-order valence-electron chi connectivity index (χ4n) is 2.85. The molecule has 0 spiro atoms. The Labute approximate surface area is 186 Å². The minimum Gasteiger partial charge on any atom is -0.461 e. The van der Waals surface area contributed by atoms with Crippen LogP contribution in [0.4, 0.5) is 11.4 Å². The van der Waals surface area contributed by atoms with Crippen molar-refractivity contribution in [2.24, 2.45) is 0 Å². The molecule has 4 aromatic rings. The van der Waals surface area contributed by atoms with Crippen LogP contribution in [-0.4, -0.2) is 24.5 Å². The van der Waals surface area contributed by atoms with Gasteiger partial charge in [0.15, 0.2) is 5.76 Å². The highest BCUT2D eigenvalue weighted by Gasteiger charge is 2.22. The van der Waals surface area contributed by atoms with Gasteiger partial charge in [0.25, 0.3) is 15.7 Å². The first-order chi connectivity index (χ1) is 15.8. The van der Waals surface area contributed by atoms with Crippen LogP contribution < -0.4 is 4.72 Å². The van der Waals surface area contributed by atoms with Crippen molar-refractivity contribution in [1.82, 2.24) is 5.16 Å². The molecule has 2 heterocycles. The summed E-state index contributed by atoms with van der Waals surface area (Å²) in [5.41, 5.74) is -0.164. The Hall–Kier alpha value is -4.45. The molecule has 12 heteroatoms. The van der Waals surface area contributed by atoms with Gasteiger partial charge < -0.3 is 13.7 Å². The lowest BCUT2D eigenvalue weighted by Gasteiger charge is -2.12. The van der Waals surface area contributed by atoms with Gasteiger partial charge in [0, 0.05) is 18.2 Å². The van der Waals surface area contributed by atoms with Crippen LogP contribution in [0.3, 0.4) is 0 Å². The van der Waals surface area contributed by atoms with Gasteiger partial charge in [-0.25, -0.2) is 13.2 Å². The zero-order chi connectivity index (χ0) is 23.4. The van der Waals surface area contributed by atoms with E-state index in [9.17, 15) is 23.3 Å². The van der Waals surface area contributed by atoms with Crippen LogP contribution in [0.2, 0.25) is 0 Å². The van der Waals surface area contributed by atoms with Crippen LogP contribution in [0.25, 0.3) is 11.5 Å². The van der Waals surface area contributed by atoms with Crippen molar-refractivity contribution in [3.8, 4) is 11.5 Å². The zero-order valence-corrected chi connectivity index (χ0v) is 17.5. The van der Waals surface area contributed by atoms with Crippen LogP contribution in [0.5, 0.6) is 0 Å². The summed E-state index contributed by atoms with van der Waals surface area (Å²) >= 11 is 0. The second-order valence-electron chi connectivity index (χ2n) is 6.64. The lowest BCUT2D eigenvalue weighted by atomic mass is 10.2. The fourth-order valence-corrected chi connectivity index (χ4v) is 3.97. The fraction of sp³-hybridized carbons (Fsp3) is 0.0476. The van der Waals surface area contributed by atoms with Crippen LogP contribution >= 0.6 is 0 Å². The molecule has 0 aliphatic rings. The first kappa shape index (κ1) is 21.8. The lowest BCUT2D eigenvalue weighted by molar-refractivity contribution is -0.385. The molecule has 0 bridgehead atoms. The van der Waals surface area contributed by atoms with Gasteiger partial charge in [-0.15, -0.1) is 0 Å². The molecule has 0 amide bonds. The first-order valence-corrected chi connectivity index (χ1v) is 10.8. The minimum atomic E-state index is -4.21. The number of sulfonamides is 1. The van der Waals surface area contributed by atoms with Crippen molar-refractivity contribution in [3.63, 3.8) is 0 Å². The third-order valence-electron chi connectivity index (χ3n) is 4.40. The molecule has 33 heavy (non-hydrogen) atoms. The van der Waals surface area contributed by atoms with Crippen molar-refractivity contribution in [3.05, 3.63) is 94.4 Å². The van der Waals surface area contributed by atoms with Crippen molar-refractivity contribution in [2.75, 3.05) is 4.72 Å². The number of nitro benzene ring substituents is 1. The summed E-state index contributed by atoms with van der Waals surface area (Å²) in [5, 5.41) is 14.8. The lowest BCUT2D eigenvalue weighted by Crippen LogP contribution is -2.16. The Morgan fingerprint density at radius 2 is 1.88 bits per heavy atom. The Morgan fingerprint density at radius 3 is 2.64 bits per heavy atom. The van der Waals surface area contributed by atoms with E-state index in [0.717, 1.165) is 6.07 Å². The first-order valence-electron chi connectivity index (χ1n) is 9.36. The molecular formula is C21H15N3O8S. The Bertz CT molecular complexity index is 1410. The van der Waals surface area contributed by atoms with Gasteiger partial charge in [-0.05, 0) is 30.3 Å². The summed E-state index contributed by atoms with van der Waals surface area (Å²) in [4.78, 5) is 22.5. The van der Waals surface area contributed by atoms with E-state index in [1.54, 1.807) is 18.2 Å². The maximum atomic E-state index is 12.7. The summed E-state index contributed by atoms with van der Waals surface area (Å²) < 4.78 is 43.3. The predicted octanol–water partition coefficient (Wildman–Crippen LogP) is 4.00. The predicted molar refractivity (Wildman–Crippen MR) is 114 cm³/mol. The van der Waals surface area contributed by atoms with E-state index in [4.69, 9.17) is 13.7 Å². The molecule has 0 fully saturated rings. The van der Waals surface area contributed by atoms with E-state index in [1.165, 1.54) is 48.7 Å². The van der Waals surface area contributed by atoms with Crippen LogP contribution in [0.15, 0.2) is 86.8 Å². The normalized spacial score (nSPS) is 11.2. The molecule has 1 N–H and O–H groups in total. The summed E-state index contributed by atoms with van der Waals surface area (Å²) in [5.74, 6) is 0.00651. The second kappa shape index (κ2) is 8.96. The number of benzene rings is 2. The Kier molecular flexibility index (Phi) is 5.91. The highest BCUT2D eigenvalue weighted by atomic mass is 32.2. The van der Waals surface area contributed by atoms with Crippen molar-refractivity contribution >= 4 is 27.4 Å². The van der Waals surface area contributed by atoms with E-state index in [-0.39, 0.29) is 28.4 Å². The number of hydrogen-bond acceptors (Lipinski definition) is 9. The van der Waals surface area contributed by atoms with Crippen molar-refractivity contribution in [1.29, 1.82) is 0 Å². The van der Waals surface area contributed by atoms with Crippen LogP contribution in [-0.2, 0) is 21.4 Å². The number of hydrogen-bond donors (Lipinski definition) is 1. The molecule has 0 radical (unpaired) electrons. The largest absolute Gasteiger partial charge is 0.461 e. The molecule has 0 saturated heterocycles. The number of aromatic nitrogens is 1. The molecule has 0 aliphatic carbocycles. The monoisotopic (exact) mass is 469 g/mol. The van der Waals surface area contributed by atoms with E-state index in [1.807, 2.05) is 0 Å². The highest BCUT2D eigenvalue weighted by Crippen LogP contribution is 2.24. The molecule has 0 atom stereocenters. The number of para-hydroxylation sites is 1. The van der Waals surface area contributed by atoms with Gasteiger partial charge in [-0.1, -0.05) is 23.4 Å². The maximum absolute atomic E-state index is 12.7. The molecular weight excluding hydrogens is 454 g/mol. The van der Waals surface area contributed by atoms with Gasteiger partial charge in [-0.3, -0.25) is 14.8 Å². The Balaban J connectivity index is 1.49. The number of carbonyl (C=O) groups is 1. The van der Waals surface area contributed by atoms with Gasteiger partial charge in [0.05, 0.1) is 27.3 Å². The minimum absolute atomic E-state index is 0.0505. The van der Waals surface area contributed by atoms with Crippen LogP contribution in [0.1, 0.15) is 16.1 Å². The average molecular weight is 469 g/mol. The van der Waals surface area contributed by atoms with E-state index < -0.39 is 20.9 Å². The maximum Gasteiger partial charge on any atom is 0.340 e. The number of nitrogens with one attached hydrogen (secondary N) is 1. The number of furan rings is 1. The molecule has 0 saturated carbocycles. The van der Waals surface area contributed by atoms with Gasteiger partial charge in [0.1, 0.15) is 12.3 Å². The zero-order valence-electron chi connectivity index (χ0n) is 16.7. The molecule has 168 valence electrons. The van der Waals surface area contributed by atoms with Gasteiger partial charge in [0.2, 0.25) is 5.76 Å². The topological polar surface area (TPSA) is 155 Å². The molecule has 2 aromatic carbocycles. The third-order valence-corrected chi connectivity index (χ3v) is 5.77. The van der Waals surface area contributed by atoms with Crippen molar-refractivity contribution in [2.45, 2.75) is 11.5 Å². The van der Waals surface area contributed by atoms with Gasteiger partial charge >= 0.3 is 5.97 Å². The molecule has 2 aromatic heterocycles. The van der Waals surface area contributed by atoms with Gasteiger partial charge in [-0.2, -0.15) is 0 Å². The van der Waals surface area contributed by atoms with E-state index in [0.29, 0.717) is 17.2 Å². The number of nitrogens with zero attached hydrogens (tertiary/aromatic N) is 2. The third kappa shape index (κ3) is 4.91. The summed E-state index contributed by atoms with van der Waals surface area (Å²) in [6.07, 6.45) is 1.48. The van der Waals surface area contributed by atoms with E-state index in [2.05, 4.69) is 9.88 Å². The van der Waals surface area contributed by atoms with E-state index >= 15 is 0 Å². The summed E-state index contributed by atoms with van der Waals surface area (Å²) in [7, 11) is -4.21. The summed E-state index contributed by atoms with van der Waals surface area (Å²) in [6.45, 7) is -0.227. The molecule has 4 rings (SSSR count).